The molecule has 0 aromatic heterocycles. The van der Waals surface area contributed by atoms with Crippen LogP contribution in [0.2, 0.25) is 0 Å². The van der Waals surface area contributed by atoms with Crippen molar-refractivity contribution in [3.8, 4) is 0 Å². The van der Waals surface area contributed by atoms with E-state index in [0.29, 0.717) is 0 Å². The largest absolute Gasteiger partial charge is 0.329 e. The van der Waals surface area contributed by atoms with Crippen LogP contribution >= 0.6 is 0 Å². The van der Waals surface area contributed by atoms with Crippen molar-refractivity contribution in [1.82, 2.24) is 0 Å². The van der Waals surface area contributed by atoms with Gasteiger partial charge >= 0.3 is 6.03 Å². The van der Waals surface area contributed by atoms with E-state index >= 15 is 0 Å². The summed E-state index contributed by atoms with van der Waals surface area (Å²) in [6, 6.07) is 12.8. The van der Waals surface area contributed by atoms with Gasteiger partial charge in [0.1, 0.15) is 0 Å². The first-order chi connectivity index (χ1) is 12.2. The highest BCUT2D eigenvalue weighted by Crippen LogP contribution is 2.38. The molecule has 2 unspecified atom stereocenters. The summed E-state index contributed by atoms with van der Waals surface area (Å²) in [5.74, 6) is 0.0252. The van der Waals surface area contributed by atoms with Gasteiger partial charge in [0, 0.05) is 11.4 Å². The molecular weight excluding hydrogens is 348 g/mol. The molecule has 0 spiro atoms. The molecule has 0 bridgehead atoms. The quantitative estimate of drug-likeness (QED) is 0.763. The molecule has 136 valence electrons. The number of benzene rings is 2. The molecule has 2 atom stereocenters. The monoisotopic (exact) mass is 370 g/mol. The van der Waals surface area contributed by atoms with E-state index in [9.17, 15) is 13.2 Å². The normalized spacial score (nSPS) is 24.2. The number of fused-ring (bicyclic) bond motifs is 1. The summed E-state index contributed by atoms with van der Waals surface area (Å²) in [5.41, 5.74) is 4.68. The molecule has 2 aromatic rings. The molecule has 2 heterocycles. The van der Waals surface area contributed by atoms with Gasteiger partial charge in [0.15, 0.2) is 9.84 Å². The average molecular weight is 370 g/mol. The summed E-state index contributed by atoms with van der Waals surface area (Å²) in [6.45, 7) is 5.94. The first-order valence-electron chi connectivity index (χ1n) is 8.73. The second-order valence-electron chi connectivity index (χ2n) is 7.42. The van der Waals surface area contributed by atoms with Crippen LogP contribution in [0.25, 0.3) is 0 Å². The molecule has 2 saturated heterocycles. The third-order valence-electron chi connectivity index (χ3n) is 5.13. The van der Waals surface area contributed by atoms with E-state index < -0.39 is 9.84 Å². The van der Waals surface area contributed by atoms with Crippen LogP contribution in [0.15, 0.2) is 42.5 Å². The van der Waals surface area contributed by atoms with E-state index in [1.165, 1.54) is 0 Å². The van der Waals surface area contributed by atoms with Gasteiger partial charge in [-0.3, -0.25) is 9.80 Å². The summed E-state index contributed by atoms with van der Waals surface area (Å²) >= 11 is 0. The van der Waals surface area contributed by atoms with Gasteiger partial charge in [0.25, 0.3) is 0 Å². The second kappa shape index (κ2) is 5.84. The van der Waals surface area contributed by atoms with E-state index in [4.69, 9.17) is 0 Å². The van der Waals surface area contributed by atoms with Crippen LogP contribution in [-0.4, -0.2) is 38.0 Å². The first kappa shape index (κ1) is 17.1. The van der Waals surface area contributed by atoms with Gasteiger partial charge in [-0.1, -0.05) is 18.2 Å². The molecule has 2 aliphatic rings. The fourth-order valence-electron chi connectivity index (χ4n) is 4.17. The van der Waals surface area contributed by atoms with Crippen molar-refractivity contribution in [3.63, 3.8) is 0 Å². The lowest BCUT2D eigenvalue weighted by atomic mass is 10.1. The maximum absolute atomic E-state index is 13.3. The molecule has 26 heavy (non-hydrogen) atoms. The Morgan fingerprint density at radius 2 is 1.35 bits per heavy atom. The molecule has 0 aliphatic carbocycles. The second-order valence-corrected chi connectivity index (χ2v) is 9.57. The van der Waals surface area contributed by atoms with Gasteiger partial charge in [-0.05, 0) is 61.7 Å². The van der Waals surface area contributed by atoms with Crippen LogP contribution in [0.3, 0.4) is 0 Å². The summed E-state index contributed by atoms with van der Waals surface area (Å²) in [4.78, 5) is 16.7. The molecule has 4 rings (SSSR count). The van der Waals surface area contributed by atoms with E-state index in [1.54, 1.807) is 9.80 Å². The number of urea groups is 1. The molecule has 0 saturated carbocycles. The number of carbonyl (C=O) groups is 1. The number of hydrogen-bond acceptors (Lipinski definition) is 3. The van der Waals surface area contributed by atoms with Crippen molar-refractivity contribution in [2.24, 2.45) is 0 Å². The number of sulfone groups is 1. The van der Waals surface area contributed by atoms with E-state index in [1.807, 2.05) is 63.2 Å². The Hall–Kier alpha value is -2.34. The minimum Gasteiger partial charge on any atom is -0.288 e. The summed E-state index contributed by atoms with van der Waals surface area (Å²) in [7, 11) is -3.18. The zero-order valence-corrected chi connectivity index (χ0v) is 16.0. The van der Waals surface area contributed by atoms with Crippen LogP contribution < -0.4 is 9.80 Å². The lowest BCUT2D eigenvalue weighted by Crippen LogP contribution is -2.38. The fourth-order valence-corrected chi connectivity index (χ4v) is 6.09. The Bertz CT molecular complexity index is 980. The van der Waals surface area contributed by atoms with E-state index in [0.717, 1.165) is 28.1 Å². The van der Waals surface area contributed by atoms with E-state index in [-0.39, 0.29) is 29.6 Å². The number of amides is 2. The lowest BCUT2D eigenvalue weighted by molar-refractivity contribution is 0.255. The predicted octanol–water partition coefficient (Wildman–Crippen LogP) is 3.22. The topological polar surface area (TPSA) is 57.7 Å². The zero-order chi connectivity index (χ0) is 18.6. The Morgan fingerprint density at radius 3 is 1.92 bits per heavy atom. The number of rotatable bonds is 2. The van der Waals surface area contributed by atoms with Crippen LogP contribution in [-0.2, 0) is 9.84 Å². The molecule has 2 fully saturated rings. The average Bonchev–Trinajstić information content (AvgIpc) is 2.94. The van der Waals surface area contributed by atoms with Crippen molar-refractivity contribution < 1.29 is 13.2 Å². The van der Waals surface area contributed by atoms with Crippen molar-refractivity contribution in [2.45, 2.75) is 32.9 Å². The summed E-state index contributed by atoms with van der Waals surface area (Å²) in [5, 5.41) is 0. The van der Waals surface area contributed by atoms with Gasteiger partial charge in [0.2, 0.25) is 0 Å². The molecule has 2 aromatic carbocycles. The fraction of sp³-hybridized carbons (Fsp3) is 0.350. The molecule has 5 nitrogen and oxygen atoms in total. The number of aryl methyl sites for hydroxylation is 3. The number of hydrogen-bond donors (Lipinski definition) is 0. The minimum atomic E-state index is -3.18. The van der Waals surface area contributed by atoms with Gasteiger partial charge in [-0.15, -0.1) is 0 Å². The standard InChI is InChI=1S/C20H22N2O3S/c1-13-5-4-6-16(8-13)21-18-11-26(24,25)12-19(18)22(20(21)23)17-9-14(2)7-15(3)10-17/h4-10,18-19H,11-12H2,1-3H3. The van der Waals surface area contributed by atoms with E-state index in [2.05, 4.69) is 0 Å². The van der Waals surface area contributed by atoms with Crippen molar-refractivity contribution in [2.75, 3.05) is 21.3 Å². The smallest absolute Gasteiger partial charge is 0.288 e. The van der Waals surface area contributed by atoms with Crippen LogP contribution in [0.5, 0.6) is 0 Å². The lowest BCUT2D eigenvalue weighted by Gasteiger charge is -2.23. The van der Waals surface area contributed by atoms with Crippen molar-refractivity contribution >= 4 is 27.2 Å². The van der Waals surface area contributed by atoms with Gasteiger partial charge < -0.3 is 0 Å². The van der Waals surface area contributed by atoms with Crippen LogP contribution in [0.4, 0.5) is 16.2 Å². The number of anilines is 2. The molecule has 6 heteroatoms. The van der Waals surface area contributed by atoms with Gasteiger partial charge in [0.05, 0.1) is 23.6 Å². The summed E-state index contributed by atoms with van der Waals surface area (Å²) < 4.78 is 24.7. The minimum absolute atomic E-state index is 0.0125. The highest BCUT2D eigenvalue weighted by atomic mass is 32.2. The SMILES string of the molecule is Cc1cccc(N2C(=O)N(c3cc(C)cc(C)c3)C3CS(=O)(=O)CC32)c1. The predicted molar refractivity (Wildman–Crippen MR) is 104 cm³/mol. The van der Waals surface area contributed by atoms with Crippen LogP contribution in [0, 0.1) is 20.8 Å². The molecule has 0 N–H and O–H groups in total. The van der Waals surface area contributed by atoms with Gasteiger partial charge in [-0.2, -0.15) is 0 Å². The number of carbonyl (C=O) groups excluding carboxylic acids is 1. The molecule has 2 amide bonds. The van der Waals surface area contributed by atoms with Gasteiger partial charge in [-0.25, -0.2) is 13.2 Å². The Balaban J connectivity index is 1.84. The Morgan fingerprint density at radius 1 is 0.808 bits per heavy atom. The highest BCUT2D eigenvalue weighted by molar-refractivity contribution is 7.91. The summed E-state index contributed by atoms with van der Waals surface area (Å²) in [6.07, 6.45) is 0. The third-order valence-corrected chi connectivity index (χ3v) is 6.83. The molecular formula is C20H22N2O3S. The molecule has 0 radical (unpaired) electrons. The van der Waals surface area contributed by atoms with Crippen molar-refractivity contribution in [3.05, 3.63) is 59.2 Å². The zero-order valence-electron chi connectivity index (χ0n) is 15.1. The maximum Gasteiger partial charge on any atom is 0.329 e. The Labute approximate surface area is 154 Å². The maximum atomic E-state index is 13.3. The number of nitrogens with zero attached hydrogens (tertiary/aromatic N) is 2. The van der Waals surface area contributed by atoms with Crippen LogP contribution in [0.1, 0.15) is 16.7 Å². The first-order valence-corrected chi connectivity index (χ1v) is 10.6. The Kier molecular flexibility index (Phi) is 3.84. The van der Waals surface area contributed by atoms with Crippen molar-refractivity contribution in [1.29, 1.82) is 0 Å². The third kappa shape index (κ3) is 2.78. The molecule has 2 aliphatic heterocycles. The highest BCUT2D eigenvalue weighted by Gasteiger charge is 2.54.